The Labute approximate surface area is 123 Å². The van der Waals surface area contributed by atoms with Gasteiger partial charge in [-0.15, -0.1) is 0 Å². The normalized spacial score (nSPS) is 12.7. The summed E-state index contributed by atoms with van der Waals surface area (Å²) in [6.07, 6.45) is 4.16. The van der Waals surface area contributed by atoms with Gasteiger partial charge in [0.25, 0.3) is 0 Å². The smallest absolute Gasteiger partial charge is 0.0890 e. The van der Waals surface area contributed by atoms with E-state index in [2.05, 4.69) is 28.1 Å². The Kier molecular flexibility index (Phi) is 3.66. The van der Waals surface area contributed by atoms with Crippen LogP contribution < -0.4 is 5.73 Å². The van der Waals surface area contributed by atoms with Gasteiger partial charge in [0, 0.05) is 37.1 Å². The lowest BCUT2D eigenvalue weighted by atomic mass is 10.0. The molecule has 0 amide bonds. The molecule has 0 aliphatic rings. The summed E-state index contributed by atoms with van der Waals surface area (Å²) in [7, 11) is 0. The molecule has 0 bridgehead atoms. The van der Waals surface area contributed by atoms with Gasteiger partial charge in [-0.25, -0.2) is 0 Å². The van der Waals surface area contributed by atoms with Gasteiger partial charge in [0.15, 0.2) is 0 Å². The van der Waals surface area contributed by atoms with E-state index in [1.807, 2.05) is 29.8 Å². The highest BCUT2D eigenvalue weighted by Gasteiger charge is 2.12. The van der Waals surface area contributed by atoms with Crippen LogP contribution in [0, 0.1) is 6.92 Å². The Morgan fingerprint density at radius 1 is 1.14 bits per heavy atom. The van der Waals surface area contributed by atoms with Crippen molar-refractivity contribution in [2.75, 3.05) is 0 Å². The maximum absolute atomic E-state index is 6.36. The zero-order chi connectivity index (χ0) is 14.8. The number of rotatable bonds is 4. The van der Waals surface area contributed by atoms with E-state index in [-0.39, 0.29) is 6.04 Å². The number of nitrogens with two attached hydrogens (primary N) is 1. The Hall–Kier alpha value is -2.27. The molecule has 5 heteroatoms. The van der Waals surface area contributed by atoms with E-state index >= 15 is 0 Å². The van der Waals surface area contributed by atoms with Gasteiger partial charge in [-0.2, -0.15) is 5.10 Å². The fraction of sp³-hybridized carbons (Fsp3) is 0.312. The van der Waals surface area contributed by atoms with Crippen LogP contribution in [0.15, 0.2) is 36.7 Å². The zero-order valence-corrected chi connectivity index (χ0v) is 12.3. The quantitative estimate of drug-likeness (QED) is 0.797. The highest BCUT2D eigenvalue weighted by molar-refractivity contribution is 5.74. The van der Waals surface area contributed by atoms with E-state index in [1.165, 1.54) is 5.69 Å². The van der Waals surface area contributed by atoms with Crippen LogP contribution in [0.2, 0.25) is 0 Å². The largest absolute Gasteiger partial charge is 0.324 e. The van der Waals surface area contributed by atoms with Gasteiger partial charge < -0.3 is 5.73 Å². The third-order valence-electron chi connectivity index (χ3n) is 3.64. The molecule has 0 spiro atoms. The van der Waals surface area contributed by atoms with Crippen molar-refractivity contribution in [1.29, 1.82) is 0 Å². The lowest BCUT2D eigenvalue weighted by Gasteiger charge is -2.13. The molecule has 3 aromatic rings. The molecule has 0 saturated heterocycles. The van der Waals surface area contributed by atoms with Gasteiger partial charge in [0.05, 0.1) is 16.7 Å². The van der Waals surface area contributed by atoms with Crippen LogP contribution in [0.3, 0.4) is 0 Å². The van der Waals surface area contributed by atoms with Crippen LogP contribution in [-0.4, -0.2) is 19.7 Å². The zero-order valence-electron chi connectivity index (χ0n) is 12.3. The molecule has 5 nitrogen and oxygen atoms in total. The van der Waals surface area contributed by atoms with Crippen molar-refractivity contribution in [2.45, 2.75) is 32.9 Å². The third-order valence-corrected chi connectivity index (χ3v) is 3.64. The molecule has 2 N–H and O–H groups in total. The van der Waals surface area contributed by atoms with Crippen LogP contribution in [0.1, 0.15) is 29.9 Å². The first-order chi connectivity index (χ1) is 10.2. The Morgan fingerprint density at radius 2 is 1.90 bits per heavy atom. The molecule has 21 heavy (non-hydrogen) atoms. The summed E-state index contributed by atoms with van der Waals surface area (Å²) >= 11 is 0. The van der Waals surface area contributed by atoms with Gasteiger partial charge in [-0.1, -0.05) is 6.07 Å². The number of hydrogen-bond donors (Lipinski definition) is 1. The van der Waals surface area contributed by atoms with Crippen LogP contribution >= 0.6 is 0 Å². The summed E-state index contributed by atoms with van der Waals surface area (Å²) in [4.78, 5) is 8.61. The second-order valence-corrected chi connectivity index (χ2v) is 5.21. The summed E-state index contributed by atoms with van der Waals surface area (Å²) in [5, 5.41) is 4.46. The number of fused-ring (bicyclic) bond motifs is 1. The SMILES string of the molecule is CCn1nc(C)cc1CC(N)c1ccc2nccnc2c1. The molecule has 0 radical (unpaired) electrons. The lowest BCUT2D eigenvalue weighted by molar-refractivity contribution is 0.587. The van der Waals surface area contributed by atoms with Crippen LogP contribution in [0.25, 0.3) is 11.0 Å². The van der Waals surface area contributed by atoms with E-state index in [4.69, 9.17) is 5.73 Å². The van der Waals surface area contributed by atoms with Gasteiger partial charge in [-0.3, -0.25) is 14.6 Å². The molecule has 0 aliphatic heterocycles. The first-order valence-electron chi connectivity index (χ1n) is 7.17. The number of benzene rings is 1. The molecule has 0 saturated carbocycles. The second kappa shape index (κ2) is 5.61. The van der Waals surface area contributed by atoms with Crippen molar-refractivity contribution < 1.29 is 0 Å². The average Bonchev–Trinajstić information content (AvgIpc) is 2.86. The van der Waals surface area contributed by atoms with E-state index < -0.39 is 0 Å². The number of nitrogens with zero attached hydrogens (tertiary/aromatic N) is 4. The van der Waals surface area contributed by atoms with Crippen LogP contribution in [0.5, 0.6) is 0 Å². The maximum Gasteiger partial charge on any atom is 0.0890 e. The molecule has 2 heterocycles. The van der Waals surface area contributed by atoms with E-state index in [1.54, 1.807) is 12.4 Å². The third kappa shape index (κ3) is 2.78. The van der Waals surface area contributed by atoms with Gasteiger partial charge in [0.2, 0.25) is 0 Å². The highest BCUT2D eigenvalue weighted by Crippen LogP contribution is 2.20. The van der Waals surface area contributed by atoms with Crippen molar-refractivity contribution in [3.05, 3.63) is 53.6 Å². The van der Waals surface area contributed by atoms with Crippen LogP contribution in [-0.2, 0) is 13.0 Å². The number of aromatic nitrogens is 4. The number of hydrogen-bond acceptors (Lipinski definition) is 4. The minimum absolute atomic E-state index is 0.0715. The van der Waals surface area contributed by atoms with Crippen molar-refractivity contribution in [3.8, 4) is 0 Å². The Bertz CT molecular complexity index is 762. The first-order valence-corrected chi connectivity index (χ1v) is 7.17. The highest BCUT2D eigenvalue weighted by atomic mass is 15.3. The molecular weight excluding hydrogens is 262 g/mol. The molecular formula is C16H19N5. The van der Waals surface area contributed by atoms with Gasteiger partial charge in [-0.05, 0) is 37.6 Å². The predicted molar refractivity (Wildman–Crippen MR) is 82.8 cm³/mol. The lowest BCUT2D eigenvalue weighted by Crippen LogP contribution is -2.16. The molecule has 1 aromatic carbocycles. The summed E-state index contributed by atoms with van der Waals surface area (Å²) in [6.45, 7) is 4.96. The Morgan fingerprint density at radius 3 is 2.67 bits per heavy atom. The second-order valence-electron chi connectivity index (χ2n) is 5.21. The first kappa shape index (κ1) is 13.7. The van der Waals surface area contributed by atoms with E-state index in [0.29, 0.717) is 0 Å². The topological polar surface area (TPSA) is 69.6 Å². The monoisotopic (exact) mass is 281 g/mol. The number of aryl methyl sites for hydroxylation is 2. The fourth-order valence-electron chi connectivity index (χ4n) is 2.59. The molecule has 1 unspecified atom stereocenters. The summed E-state index contributed by atoms with van der Waals surface area (Å²) in [5.41, 5.74) is 11.4. The minimum Gasteiger partial charge on any atom is -0.324 e. The van der Waals surface area contributed by atoms with Gasteiger partial charge >= 0.3 is 0 Å². The predicted octanol–water partition coefficient (Wildman–Crippen LogP) is 2.40. The Balaban J connectivity index is 1.87. The average molecular weight is 281 g/mol. The molecule has 1 atom stereocenters. The molecule has 108 valence electrons. The van der Waals surface area contributed by atoms with Crippen molar-refractivity contribution in [3.63, 3.8) is 0 Å². The van der Waals surface area contributed by atoms with E-state index in [0.717, 1.165) is 35.3 Å². The van der Waals surface area contributed by atoms with E-state index in [9.17, 15) is 0 Å². The van der Waals surface area contributed by atoms with Crippen molar-refractivity contribution in [2.24, 2.45) is 5.73 Å². The minimum atomic E-state index is -0.0715. The van der Waals surface area contributed by atoms with Gasteiger partial charge in [0.1, 0.15) is 0 Å². The van der Waals surface area contributed by atoms with Crippen molar-refractivity contribution >= 4 is 11.0 Å². The summed E-state index contributed by atoms with van der Waals surface area (Å²) in [6, 6.07) is 8.05. The molecule has 2 aromatic heterocycles. The maximum atomic E-state index is 6.36. The molecule has 3 rings (SSSR count). The van der Waals surface area contributed by atoms with Crippen LogP contribution in [0.4, 0.5) is 0 Å². The fourth-order valence-corrected chi connectivity index (χ4v) is 2.59. The molecule has 0 fully saturated rings. The van der Waals surface area contributed by atoms with Crippen molar-refractivity contribution in [1.82, 2.24) is 19.7 Å². The molecule has 0 aliphatic carbocycles. The summed E-state index contributed by atoms with van der Waals surface area (Å²) in [5.74, 6) is 0. The summed E-state index contributed by atoms with van der Waals surface area (Å²) < 4.78 is 2.01. The standard InChI is InChI=1S/C16H19N5/c1-3-21-13(8-11(2)20-21)10-14(17)12-4-5-15-16(9-12)19-7-6-18-15/h4-9,14H,3,10,17H2,1-2H3.